The first kappa shape index (κ1) is 13.5. The van der Waals surface area contributed by atoms with Crippen LogP contribution in [0.1, 0.15) is 24.3 Å². The van der Waals surface area contributed by atoms with Gasteiger partial charge in [0.25, 0.3) is 0 Å². The number of aromatic nitrogens is 4. The third-order valence-corrected chi connectivity index (χ3v) is 3.38. The Bertz CT molecular complexity index is 659. The highest BCUT2D eigenvalue weighted by molar-refractivity contribution is 5.65. The smallest absolute Gasteiger partial charge is 0.319 e. The van der Waals surface area contributed by atoms with Crippen LogP contribution >= 0.6 is 0 Å². The zero-order chi connectivity index (χ0) is 14.8. The van der Waals surface area contributed by atoms with E-state index in [9.17, 15) is 0 Å². The molecule has 1 aliphatic carbocycles. The van der Waals surface area contributed by atoms with Gasteiger partial charge >= 0.3 is 6.01 Å². The Morgan fingerprint density at radius 3 is 2.38 bits per heavy atom. The number of nitrogens with zero attached hydrogens (tertiary/aromatic N) is 4. The van der Waals surface area contributed by atoms with Crippen LogP contribution in [0.5, 0.6) is 17.8 Å². The molecule has 1 fully saturated rings. The van der Waals surface area contributed by atoms with E-state index in [4.69, 9.17) is 14.2 Å². The maximum Gasteiger partial charge on any atom is 0.319 e. The standard InChI is InChI=1S/C14H16N4O3/c1-19-12-10(7-15-14(16-12)21-3)11-6-9(8-4-5-8)13(20-2)18-17-11/h6-8H,4-5H2,1-3H3. The van der Waals surface area contributed by atoms with Gasteiger partial charge in [-0.3, -0.25) is 0 Å². The van der Waals surface area contributed by atoms with Crippen molar-refractivity contribution in [3.63, 3.8) is 0 Å². The predicted molar refractivity (Wildman–Crippen MR) is 74.7 cm³/mol. The second-order valence-corrected chi connectivity index (χ2v) is 4.75. The molecule has 2 aromatic heterocycles. The molecule has 1 saturated carbocycles. The summed E-state index contributed by atoms with van der Waals surface area (Å²) < 4.78 is 15.6. The maximum absolute atomic E-state index is 5.28. The highest BCUT2D eigenvalue weighted by Gasteiger charge is 2.29. The monoisotopic (exact) mass is 288 g/mol. The van der Waals surface area contributed by atoms with Crippen molar-refractivity contribution < 1.29 is 14.2 Å². The molecule has 2 aromatic rings. The van der Waals surface area contributed by atoms with E-state index in [2.05, 4.69) is 20.2 Å². The molecule has 2 heterocycles. The van der Waals surface area contributed by atoms with Gasteiger partial charge in [-0.15, -0.1) is 10.2 Å². The normalized spacial score (nSPS) is 13.9. The molecule has 0 atom stereocenters. The molecule has 0 aromatic carbocycles. The summed E-state index contributed by atoms with van der Waals surface area (Å²) >= 11 is 0. The van der Waals surface area contributed by atoms with Crippen LogP contribution in [0.3, 0.4) is 0 Å². The molecule has 0 saturated heterocycles. The molecule has 0 amide bonds. The Hall–Kier alpha value is -2.44. The molecule has 21 heavy (non-hydrogen) atoms. The second-order valence-electron chi connectivity index (χ2n) is 4.75. The molecule has 110 valence electrons. The van der Waals surface area contributed by atoms with Crippen molar-refractivity contribution in [1.29, 1.82) is 0 Å². The number of rotatable bonds is 5. The summed E-state index contributed by atoms with van der Waals surface area (Å²) in [6.07, 6.45) is 3.92. The van der Waals surface area contributed by atoms with Crippen molar-refractivity contribution >= 4 is 0 Å². The van der Waals surface area contributed by atoms with Crippen LogP contribution in [0.15, 0.2) is 12.3 Å². The fraction of sp³-hybridized carbons (Fsp3) is 0.429. The summed E-state index contributed by atoms with van der Waals surface area (Å²) in [5.74, 6) is 1.48. The van der Waals surface area contributed by atoms with E-state index >= 15 is 0 Å². The predicted octanol–water partition coefficient (Wildman–Crippen LogP) is 1.84. The molecule has 1 aliphatic rings. The lowest BCUT2D eigenvalue weighted by molar-refractivity contribution is 0.353. The van der Waals surface area contributed by atoms with Crippen molar-refractivity contribution in [1.82, 2.24) is 20.2 Å². The minimum Gasteiger partial charge on any atom is -0.480 e. The molecule has 7 nitrogen and oxygen atoms in total. The summed E-state index contributed by atoms with van der Waals surface area (Å²) in [5.41, 5.74) is 2.41. The molecule has 0 N–H and O–H groups in total. The highest BCUT2D eigenvalue weighted by atomic mass is 16.5. The Balaban J connectivity index is 2.05. The van der Waals surface area contributed by atoms with Gasteiger partial charge in [0.15, 0.2) is 0 Å². The van der Waals surface area contributed by atoms with Crippen LogP contribution in [-0.2, 0) is 0 Å². The van der Waals surface area contributed by atoms with Gasteiger partial charge in [0.2, 0.25) is 11.8 Å². The second kappa shape index (κ2) is 5.51. The lowest BCUT2D eigenvalue weighted by atomic mass is 10.1. The summed E-state index contributed by atoms with van der Waals surface area (Å²) in [4.78, 5) is 8.27. The molecule has 0 aliphatic heterocycles. The first-order chi connectivity index (χ1) is 10.3. The van der Waals surface area contributed by atoms with Crippen molar-refractivity contribution in [3.05, 3.63) is 17.8 Å². The summed E-state index contributed by atoms with van der Waals surface area (Å²) in [5, 5.41) is 8.32. The van der Waals surface area contributed by atoms with Crippen molar-refractivity contribution in [2.75, 3.05) is 21.3 Å². The number of hydrogen-bond donors (Lipinski definition) is 0. The molecular formula is C14H16N4O3. The van der Waals surface area contributed by atoms with Crippen LogP contribution < -0.4 is 14.2 Å². The van der Waals surface area contributed by atoms with Crippen LogP contribution in [0.2, 0.25) is 0 Å². The van der Waals surface area contributed by atoms with Crippen LogP contribution in [-0.4, -0.2) is 41.5 Å². The largest absolute Gasteiger partial charge is 0.480 e. The van der Waals surface area contributed by atoms with Gasteiger partial charge in [0.1, 0.15) is 5.69 Å². The van der Waals surface area contributed by atoms with Crippen LogP contribution in [0.25, 0.3) is 11.3 Å². The maximum atomic E-state index is 5.28. The average Bonchev–Trinajstić information content (AvgIpc) is 3.38. The van der Waals surface area contributed by atoms with Crippen LogP contribution in [0.4, 0.5) is 0 Å². The lowest BCUT2D eigenvalue weighted by Gasteiger charge is -2.10. The molecule has 7 heteroatoms. The van der Waals surface area contributed by atoms with Crippen molar-refractivity contribution in [2.45, 2.75) is 18.8 Å². The topological polar surface area (TPSA) is 79.2 Å². The van der Waals surface area contributed by atoms with Gasteiger partial charge in [0, 0.05) is 11.8 Å². The van der Waals surface area contributed by atoms with Crippen molar-refractivity contribution in [2.24, 2.45) is 0 Å². The van der Waals surface area contributed by atoms with Gasteiger partial charge in [-0.2, -0.15) is 4.98 Å². The Morgan fingerprint density at radius 1 is 1.00 bits per heavy atom. The fourth-order valence-corrected chi connectivity index (χ4v) is 2.15. The fourth-order valence-electron chi connectivity index (χ4n) is 2.15. The summed E-state index contributed by atoms with van der Waals surface area (Å²) in [7, 11) is 4.66. The van der Waals surface area contributed by atoms with Gasteiger partial charge in [-0.05, 0) is 24.8 Å². The van der Waals surface area contributed by atoms with Crippen LogP contribution in [0, 0.1) is 0 Å². The minimum absolute atomic E-state index is 0.250. The molecule has 0 spiro atoms. The Kier molecular flexibility index (Phi) is 3.55. The minimum atomic E-state index is 0.250. The van der Waals surface area contributed by atoms with E-state index in [0.29, 0.717) is 28.9 Å². The van der Waals surface area contributed by atoms with Gasteiger partial charge in [-0.1, -0.05) is 0 Å². The lowest BCUT2D eigenvalue weighted by Crippen LogP contribution is -2.01. The molecule has 0 bridgehead atoms. The van der Waals surface area contributed by atoms with Gasteiger partial charge in [0.05, 0.1) is 26.9 Å². The number of methoxy groups -OCH3 is 3. The van der Waals surface area contributed by atoms with E-state index in [1.807, 2.05) is 6.07 Å². The van der Waals surface area contributed by atoms with E-state index in [0.717, 1.165) is 18.4 Å². The quantitative estimate of drug-likeness (QED) is 0.830. The van der Waals surface area contributed by atoms with E-state index in [1.165, 1.54) is 7.11 Å². The first-order valence-electron chi connectivity index (χ1n) is 6.63. The zero-order valence-electron chi connectivity index (χ0n) is 12.2. The third-order valence-electron chi connectivity index (χ3n) is 3.38. The summed E-state index contributed by atoms with van der Waals surface area (Å²) in [6, 6.07) is 2.22. The van der Waals surface area contributed by atoms with Crippen molar-refractivity contribution in [3.8, 4) is 29.0 Å². The molecular weight excluding hydrogens is 272 g/mol. The first-order valence-corrected chi connectivity index (χ1v) is 6.63. The number of hydrogen-bond acceptors (Lipinski definition) is 7. The Morgan fingerprint density at radius 2 is 1.76 bits per heavy atom. The SMILES string of the molecule is COc1ncc(-c2cc(C3CC3)c(OC)nn2)c(OC)n1. The molecule has 0 unspecified atom stereocenters. The molecule has 3 rings (SSSR count). The molecule has 0 radical (unpaired) electrons. The third kappa shape index (κ3) is 2.58. The van der Waals surface area contributed by atoms with Gasteiger partial charge < -0.3 is 14.2 Å². The zero-order valence-corrected chi connectivity index (χ0v) is 12.2. The van der Waals surface area contributed by atoms with E-state index in [1.54, 1.807) is 20.4 Å². The van der Waals surface area contributed by atoms with Gasteiger partial charge in [-0.25, -0.2) is 4.98 Å². The summed E-state index contributed by atoms with van der Waals surface area (Å²) in [6.45, 7) is 0. The number of ether oxygens (including phenoxy) is 3. The van der Waals surface area contributed by atoms with E-state index in [-0.39, 0.29) is 6.01 Å². The highest BCUT2D eigenvalue weighted by Crippen LogP contribution is 2.44. The average molecular weight is 288 g/mol. The Labute approximate surface area is 122 Å². The van der Waals surface area contributed by atoms with E-state index < -0.39 is 0 Å².